The average molecular weight is 481 g/mol. The van der Waals surface area contributed by atoms with E-state index in [1.54, 1.807) is 12.3 Å². The van der Waals surface area contributed by atoms with Crippen LogP contribution in [0.2, 0.25) is 0 Å². The number of alkyl carbamates (subject to hydrolysis) is 1. The van der Waals surface area contributed by atoms with Gasteiger partial charge in [-0.3, -0.25) is 4.79 Å². The van der Waals surface area contributed by atoms with Crippen LogP contribution in [-0.2, 0) is 11.3 Å². The fraction of sp³-hybridized carbons (Fsp3) is 0.138. The molecule has 0 atom stereocenters. The number of ether oxygens (including phenoxy) is 1. The van der Waals surface area contributed by atoms with E-state index in [2.05, 4.69) is 34.6 Å². The molecule has 6 heteroatoms. The van der Waals surface area contributed by atoms with Crippen molar-refractivity contribution < 1.29 is 14.3 Å². The molecule has 0 bridgehead atoms. The fourth-order valence-electron chi connectivity index (χ4n) is 4.43. The first-order chi connectivity index (χ1) is 17.1. The average Bonchev–Trinajstić information content (AvgIpc) is 3.21. The summed E-state index contributed by atoms with van der Waals surface area (Å²) in [5.41, 5.74) is 7.20. The van der Waals surface area contributed by atoms with Gasteiger partial charge in [-0.25, -0.2) is 9.78 Å². The molecule has 3 aromatic carbocycles. The largest absolute Gasteiger partial charge is 0.449 e. The van der Waals surface area contributed by atoms with E-state index in [4.69, 9.17) is 4.74 Å². The second-order valence-corrected chi connectivity index (χ2v) is 9.44. The zero-order valence-electron chi connectivity index (χ0n) is 19.2. The summed E-state index contributed by atoms with van der Waals surface area (Å²) in [5.74, 6) is 0.0137. The summed E-state index contributed by atoms with van der Waals surface area (Å²) < 4.78 is 5.66. The molecule has 0 aliphatic heterocycles. The number of hydrogen-bond acceptors (Lipinski definition) is 5. The number of aryl methyl sites for hydroxylation is 1. The summed E-state index contributed by atoms with van der Waals surface area (Å²) in [6, 6.07) is 25.9. The number of nitrogens with one attached hydrogen (secondary N) is 1. The van der Waals surface area contributed by atoms with Gasteiger partial charge in [-0.15, -0.1) is 0 Å². The van der Waals surface area contributed by atoms with Crippen molar-refractivity contribution in [3.8, 4) is 11.1 Å². The lowest BCUT2D eigenvalue weighted by atomic mass is 9.98. The molecular formula is C29H24N2O3S. The Hall–Kier alpha value is -3.90. The normalized spacial score (nSPS) is 12.0. The van der Waals surface area contributed by atoms with Gasteiger partial charge in [0.1, 0.15) is 11.6 Å². The van der Waals surface area contributed by atoms with Crippen LogP contribution in [0.1, 0.15) is 38.5 Å². The van der Waals surface area contributed by atoms with Crippen molar-refractivity contribution in [2.45, 2.75) is 29.3 Å². The molecule has 0 fully saturated rings. The van der Waals surface area contributed by atoms with Crippen LogP contribution in [0.15, 0.2) is 95.0 Å². The molecule has 5 nitrogen and oxygen atoms in total. The zero-order chi connectivity index (χ0) is 24.2. The monoisotopic (exact) mass is 480 g/mol. The van der Waals surface area contributed by atoms with Gasteiger partial charge >= 0.3 is 6.09 Å². The molecule has 1 aliphatic rings. The van der Waals surface area contributed by atoms with E-state index in [0.717, 1.165) is 27.3 Å². The first-order valence-corrected chi connectivity index (χ1v) is 12.2. The van der Waals surface area contributed by atoms with Gasteiger partial charge in [0.15, 0.2) is 6.29 Å². The predicted octanol–water partition coefficient (Wildman–Crippen LogP) is 6.39. The summed E-state index contributed by atoms with van der Waals surface area (Å²) in [4.78, 5) is 29.4. The lowest BCUT2D eigenvalue weighted by Crippen LogP contribution is -2.26. The maximum absolute atomic E-state index is 12.6. The number of fused-ring (bicyclic) bond motifs is 3. The number of carbonyl (C=O) groups is 2. The molecule has 4 aromatic rings. The number of nitrogens with zero attached hydrogens (tertiary/aromatic N) is 1. The molecule has 1 aromatic heterocycles. The minimum absolute atomic E-state index is 0.0137. The van der Waals surface area contributed by atoms with Crippen LogP contribution >= 0.6 is 11.8 Å². The third-order valence-corrected chi connectivity index (χ3v) is 7.23. The third-order valence-electron chi connectivity index (χ3n) is 6.08. The zero-order valence-corrected chi connectivity index (χ0v) is 20.0. The Kier molecular flexibility index (Phi) is 6.64. The van der Waals surface area contributed by atoms with E-state index in [0.29, 0.717) is 5.56 Å². The number of aldehydes is 1. The van der Waals surface area contributed by atoms with Crippen LogP contribution in [0.5, 0.6) is 0 Å². The second-order valence-electron chi connectivity index (χ2n) is 8.41. The van der Waals surface area contributed by atoms with Crippen LogP contribution in [0.3, 0.4) is 0 Å². The van der Waals surface area contributed by atoms with Crippen molar-refractivity contribution in [2.75, 3.05) is 6.61 Å². The van der Waals surface area contributed by atoms with Crippen molar-refractivity contribution in [1.82, 2.24) is 10.3 Å². The fourth-order valence-corrected chi connectivity index (χ4v) is 5.38. The quantitative estimate of drug-likeness (QED) is 0.310. The van der Waals surface area contributed by atoms with Gasteiger partial charge in [0, 0.05) is 34.7 Å². The van der Waals surface area contributed by atoms with Gasteiger partial charge in [-0.05, 0) is 40.8 Å². The number of aromatic nitrogens is 1. The molecule has 0 spiro atoms. The Labute approximate surface area is 208 Å². The highest BCUT2D eigenvalue weighted by Gasteiger charge is 2.29. The molecular weight excluding hydrogens is 456 g/mol. The van der Waals surface area contributed by atoms with Crippen molar-refractivity contribution in [3.05, 3.63) is 113 Å². The Balaban J connectivity index is 1.26. The topological polar surface area (TPSA) is 68.3 Å². The molecule has 1 heterocycles. The Morgan fingerprint density at radius 1 is 1.00 bits per heavy atom. The van der Waals surface area contributed by atoms with E-state index in [-0.39, 0.29) is 19.1 Å². The van der Waals surface area contributed by atoms with Crippen molar-refractivity contribution in [3.63, 3.8) is 0 Å². The number of amides is 1. The van der Waals surface area contributed by atoms with Crippen LogP contribution < -0.4 is 5.32 Å². The van der Waals surface area contributed by atoms with Crippen LogP contribution in [0, 0.1) is 6.92 Å². The van der Waals surface area contributed by atoms with Crippen molar-refractivity contribution >= 4 is 24.1 Å². The Bertz CT molecular complexity index is 1360. The highest BCUT2D eigenvalue weighted by atomic mass is 32.2. The first kappa shape index (κ1) is 22.9. The van der Waals surface area contributed by atoms with Gasteiger partial charge in [0.25, 0.3) is 0 Å². The highest BCUT2D eigenvalue weighted by molar-refractivity contribution is 7.99. The third kappa shape index (κ3) is 4.84. The minimum atomic E-state index is -0.474. The number of hydrogen-bond donors (Lipinski definition) is 1. The molecule has 1 N–H and O–H groups in total. The van der Waals surface area contributed by atoms with Crippen molar-refractivity contribution in [2.24, 2.45) is 0 Å². The van der Waals surface area contributed by atoms with Gasteiger partial charge in [0.05, 0.1) is 0 Å². The summed E-state index contributed by atoms with van der Waals surface area (Å²) in [5, 5.41) is 3.61. The Morgan fingerprint density at radius 3 is 2.37 bits per heavy atom. The van der Waals surface area contributed by atoms with Gasteiger partial charge in [-0.2, -0.15) is 0 Å². The minimum Gasteiger partial charge on any atom is -0.449 e. The van der Waals surface area contributed by atoms with Gasteiger partial charge in [-0.1, -0.05) is 84.6 Å². The van der Waals surface area contributed by atoms with Crippen molar-refractivity contribution in [1.29, 1.82) is 0 Å². The summed E-state index contributed by atoms with van der Waals surface area (Å²) in [6.45, 7) is 2.49. The lowest BCUT2D eigenvalue weighted by Gasteiger charge is -2.15. The van der Waals surface area contributed by atoms with E-state index in [1.807, 2.05) is 55.5 Å². The van der Waals surface area contributed by atoms with Gasteiger partial charge in [0.2, 0.25) is 0 Å². The molecule has 0 saturated carbocycles. The van der Waals surface area contributed by atoms with E-state index >= 15 is 0 Å². The standard InChI is InChI=1S/C29H24N2O3S/c1-19-14-21(28(30-15-19)35-27-13-7-2-8-20(27)17-32)16-31-29(33)34-18-26-24-11-5-3-9-22(24)23-10-4-6-12-25(23)26/h2-15,17,26H,16,18H2,1H3,(H,31,33). The molecule has 0 unspecified atom stereocenters. The highest BCUT2D eigenvalue weighted by Crippen LogP contribution is 2.44. The molecule has 0 saturated heterocycles. The Morgan fingerprint density at radius 2 is 1.66 bits per heavy atom. The van der Waals surface area contributed by atoms with Crippen LogP contribution in [0.4, 0.5) is 4.79 Å². The second kappa shape index (κ2) is 10.2. The summed E-state index contributed by atoms with van der Waals surface area (Å²) in [6.07, 6.45) is 2.14. The van der Waals surface area contributed by atoms with E-state index in [1.165, 1.54) is 34.0 Å². The number of rotatable bonds is 7. The molecule has 35 heavy (non-hydrogen) atoms. The lowest BCUT2D eigenvalue weighted by molar-refractivity contribution is 0.112. The molecule has 1 amide bonds. The van der Waals surface area contributed by atoms with Crippen LogP contribution in [0.25, 0.3) is 11.1 Å². The summed E-state index contributed by atoms with van der Waals surface area (Å²) >= 11 is 1.41. The van der Waals surface area contributed by atoms with Crippen LogP contribution in [-0.4, -0.2) is 24.0 Å². The van der Waals surface area contributed by atoms with Gasteiger partial charge < -0.3 is 10.1 Å². The number of carbonyl (C=O) groups excluding carboxylic acids is 2. The SMILES string of the molecule is Cc1cnc(Sc2ccccc2C=O)c(CNC(=O)OCC2c3ccccc3-c3ccccc32)c1. The maximum Gasteiger partial charge on any atom is 0.407 e. The molecule has 1 aliphatic carbocycles. The smallest absolute Gasteiger partial charge is 0.407 e. The van der Waals surface area contributed by atoms with E-state index in [9.17, 15) is 9.59 Å². The number of benzene rings is 3. The first-order valence-electron chi connectivity index (χ1n) is 11.4. The molecule has 0 radical (unpaired) electrons. The number of pyridine rings is 1. The van der Waals surface area contributed by atoms with E-state index < -0.39 is 6.09 Å². The maximum atomic E-state index is 12.6. The summed E-state index contributed by atoms with van der Waals surface area (Å²) in [7, 11) is 0. The molecule has 174 valence electrons. The molecule has 5 rings (SSSR count). The predicted molar refractivity (Wildman–Crippen MR) is 137 cm³/mol.